The van der Waals surface area contributed by atoms with Crippen LogP contribution in [0.2, 0.25) is 0 Å². The fourth-order valence-corrected chi connectivity index (χ4v) is 2.19. The Kier molecular flexibility index (Phi) is 5.76. The van der Waals surface area contributed by atoms with Gasteiger partial charge in [0.15, 0.2) is 17.3 Å². The molecule has 1 atom stereocenters. The number of nitrogens with one attached hydrogen (secondary N) is 1. The molecular weight excluding hydrogens is 265 g/mol. The molecule has 0 radical (unpaired) electrons. The average Bonchev–Trinajstić information content (AvgIpc) is 2.48. The Morgan fingerprint density at radius 1 is 1.40 bits per heavy atom. The van der Waals surface area contributed by atoms with E-state index in [1.54, 1.807) is 0 Å². The lowest BCUT2D eigenvalue weighted by atomic mass is 9.93. The minimum atomic E-state index is -1.04. The van der Waals surface area contributed by atoms with Gasteiger partial charge >= 0.3 is 5.97 Å². The molecule has 0 saturated heterocycles. The normalized spacial score (nSPS) is 16.6. The average molecular weight is 285 g/mol. The van der Waals surface area contributed by atoms with Crippen LogP contribution in [0.25, 0.3) is 0 Å². The van der Waals surface area contributed by atoms with Crippen LogP contribution in [0.15, 0.2) is 6.07 Å². The number of ether oxygens (including phenoxy) is 2. The molecule has 1 heterocycles. The van der Waals surface area contributed by atoms with E-state index in [1.165, 1.54) is 20.3 Å². The number of hydrogen-bond donors (Lipinski definition) is 2. The first-order chi connectivity index (χ1) is 9.60. The largest absolute Gasteiger partial charge is 0.493 e. The van der Waals surface area contributed by atoms with Crippen molar-refractivity contribution in [3.63, 3.8) is 0 Å². The van der Waals surface area contributed by atoms with Crippen LogP contribution >= 0.6 is 0 Å². The summed E-state index contributed by atoms with van der Waals surface area (Å²) in [5.41, 5.74) is 0.766. The smallest absolute Gasteiger partial charge is 0.325 e. The number of methoxy groups -OCH3 is 2. The highest BCUT2D eigenvalue weighted by atomic mass is 19.1. The number of fused-ring (bicyclic) bond motifs is 1. The minimum absolute atomic E-state index is 0.0160. The van der Waals surface area contributed by atoms with E-state index < -0.39 is 17.8 Å². The summed E-state index contributed by atoms with van der Waals surface area (Å²) in [5, 5.41) is 11.9. The molecule has 0 spiro atoms. The van der Waals surface area contributed by atoms with Gasteiger partial charge in [-0.05, 0) is 23.6 Å². The summed E-state index contributed by atoms with van der Waals surface area (Å²) in [6, 6.07) is 0.602. The Balaban J connectivity index is 0.000000956. The molecule has 20 heavy (non-hydrogen) atoms. The van der Waals surface area contributed by atoms with Crippen LogP contribution in [0.4, 0.5) is 4.39 Å². The molecule has 5 nitrogen and oxygen atoms in total. The van der Waals surface area contributed by atoms with Crippen molar-refractivity contribution in [1.29, 1.82) is 0 Å². The van der Waals surface area contributed by atoms with Crippen LogP contribution in [0.3, 0.4) is 0 Å². The van der Waals surface area contributed by atoms with E-state index in [9.17, 15) is 9.18 Å². The maximum atomic E-state index is 14.2. The van der Waals surface area contributed by atoms with Gasteiger partial charge in [0.25, 0.3) is 0 Å². The second-order valence-electron chi connectivity index (χ2n) is 3.97. The maximum absolute atomic E-state index is 14.2. The van der Waals surface area contributed by atoms with Crippen LogP contribution in [-0.4, -0.2) is 31.8 Å². The summed E-state index contributed by atoms with van der Waals surface area (Å²) in [6.07, 6.45) is 0.422. The van der Waals surface area contributed by atoms with E-state index in [1.807, 2.05) is 13.8 Å². The highest BCUT2D eigenvalue weighted by molar-refractivity contribution is 5.77. The molecule has 6 heteroatoms. The highest BCUT2D eigenvalue weighted by Crippen LogP contribution is 2.38. The number of halogens is 1. The first kappa shape index (κ1) is 16.2. The van der Waals surface area contributed by atoms with Gasteiger partial charge in [-0.3, -0.25) is 4.79 Å². The molecule has 112 valence electrons. The van der Waals surface area contributed by atoms with E-state index in [-0.39, 0.29) is 11.5 Å². The number of carbonyl (C=O) groups is 1. The third kappa shape index (κ3) is 2.85. The summed E-state index contributed by atoms with van der Waals surface area (Å²) in [5.74, 6) is -1.37. The minimum Gasteiger partial charge on any atom is -0.493 e. The van der Waals surface area contributed by atoms with E-state index in [0.29, 0.717) is 24.1 Å². The topological polar surface area (TPSA) is 67.8 Å². The molecule has 1 aromatic rings. The Bertz CT molecular complexity index is 491. The van der Waals surface area contributed by atoms with Crippen molar-refractivity contribution in [1.82, 2.24) is 5.32 Å². The summed E-state index contributed by atoms with van der Waals surface area (Å²) in [7, 11) is 2.73. The fourth-order valence-electron chi connectivity index (χ4n) is 2.19. The van der Waals surface area contributed by atoms with Crippen LogP contribution in [0, 0.1) is 5.82 Å². The van der Waals surface area contributed by atoms with Crippen molar-refractivity contribution in [2.75, 3.05) is 20.8 Å². The third-order valence-electron chi connectivity index (χ3n) is 3.03. The quantitative estimate of drug-likeness (QED) is 0.890. The number of hydrogen-bond acceptors (Lipinski definition) is 4. The third-order valence-corrected chi connectivity index (χ3v) is 3.03. The van der Waals surface area contributed by atoms with Gasteiger partial charge in [0.05, 0.1) is 14.2 Å². The van der Waals surface area contributed by atoms with Crippen molar-refractivity contribution >= 4 is 5.97 Å². The van der Waals surface area contributed by atoms with E-state index in [2.05, 4.69) is 5.32 Å². The van der Waals surface area contributed by atoms with E-state index >= 15 is 0 Å². The van der Waals surface area contributed by atoms with Crippen molar-refractivity contribution in [2.45, 2.75) is 26.3 Å². The zero-order valence-corrected chi connectivity index (χ0v) is 12.1. The fraction of sp³-hybridized carbons (Fsp3) is 0.500. The van der Waals surface area contributed by atoms with Gasteiger partial charge in [0.1, 0.15) is 6.04 Å². The second kappa shape index (κ2) is 7.09. The molecule has 1 unspecified atom stereocenters. The van der Waals surface area contributed by atoms with Crippen LogP contribution in [0.5, 0.6) is 11.5 Å². The van der Waals surface area contributed by atoms with Crippen molar-refractivity contribution in [3.8, 4) is 11.5 Å². The highest BCUT2D eigenvalue weighted by Gasteiger charge is 2.31. The van der Waals surface area contributed by atoms with Crippen molar-refractivity contribution in [3.05, 3.63) is 23.0 Å². The molecule has 2 rings (SSSR count). The number of carboxylic acid groups (broad SMARTS) is 1. The molecule has 0 fully saturated rings. The van der Waals surface area contributed by atoms with Gasteiger partial charge in [-0.1, -0.05) is 13.8 Å². The van der Waals surface area contributed by atoms with Crippen molar-refractivity contribution in [2.24, 2.45) is 0 Å². The number of benzene rings is 1. The monoisotopic (exact) mass is 285 g/mol. The van der Waals surface area contributed by atoms with E-state index in [0.717, 1.165) is 0 Å². The van der Waals surface area contributed by atoms with Gasteiger partial charge in [-0.2, -0.15) is 0 Å². The summed E-state index contributed by atoms with van der Waals surface area (Å²) >= 11 is 0. The summed E-state index contributed by atoms with van der Waals surface area (Å²) in [6.45, 7) is 4.41. The predicted molar refractivity (Wildman–Crippen MR) is 72.9 cm³/mol. The maximum Gasteiger partial charge on any atom is 0.325 e. The van der Waals surface area contributed by atoms with Gasteiger partial charge in [0.2, 0.25) is 0 Å². The zero-order chi connectivity index (χ0) is 15.3. The Morgan fingerprint density at radius 2 is 2.05 bits per heavy atom. The number of aliphatic carboxylic acids is 1. The molecule has 0 amide bonds. The second-order valence-corrected chi connectivity index (χ2v) is 3.97. The molecule has 0 aromatic heterocycles. The Hall–Kier alpha value is -1.82. The Labute approximate surface area is 117 Å². The zero-order valence-electron chi connectivity index (χ0n) is 12.1. The number of rotatable bonds is 3. The molecule has 0 aliphatic carbocycles. The predicted octanol–water partition coefficient (Wildman–Crippen LogP) is 2.14. The molecule has 1 aliphatic heterocycles. The van der Waals surface area contributed by atoms with Gasteiger partial charge in [-0.25, -0.2) is 4.39 Å². The first-order valence-corrected chi connectivity index (χ1v) is 6.49. The molecule has 1 aromatic carbocycles. The lowest BCUT2D eigenvalue weighted by molar-refractivity contribution is -0.139. The lowest BCUT2D eigenvalue weighted by Gasteiger charge is -2.25. The van der Waals surface area contributed by atoms with Crippen LogP contribution in [0.1, 0.15) is 31.0 Å². The van der Waals surface area contributed by atoms with Gasteiger partial charge in [0, 0.05) is 6.54 Å². The molecule has 0 saturated carbocycles. The number of carboxylic acids is 1. The lowest BCUT2D eigenvalue weighted by Crippen LogP contribution is -2.35. The first-order valence-electron chi connectivity index (χ1n) is 6.49. The molecule has 2 N–H and O–H groups in total. The van der Waals surface area contributed by atoms with Crippen LogP contribution in [-0.2, 0) is 11.2 Å². The molecule has 1 aliphatic rings. The summed E-state index contributed by atoms with van der Waals surface area (Å²) < 4.78 is 24.2. The van der Waals surface area contributed by atoms with Gasteiger partial charge in [-0.15, -0.1) is 0 Å². The Morgan fingerprint density at radius 3 is 2.55 bits per heavy atom. The summed E-state index contributed by atoms with van der Waals surface area (Å²) in [4.78, 5) is 11.1. The van der Waals surface area contributed by atoms with Crippen molar-refractivity contribution < 1.29 is 23.8 Å². The van der Waals surface area contributed by atoms with Crippen LogP contribution < -0.4 is 14.8 Å². The molecule has 0 bridgehead atoms. The molecular formula is C14H20FNO4. The van der Waals surface area contributed by atoms with Gasteiger partial charge < -0.3 is 19.9 Å². The van der Waals surface area contributed by atoms with E-state index in [4.69, 9.17) is 14.6 Å². The standard InChI is InChI=1S/C12H14FNO4.C2H6/c1-17-8-5-7-6(9(13)11(8)18-2)3-4-14-10(7)12(15)16;1-2/h5,10,14H,3-4H2,1-2H3,(H,15,16);1-2H3. The SMILES string of the molecule is CC.COc1cc2c(c(F)c1OC)CCNC2C(=O)O.